The molecule has 1 unspecified atom stereocenters. The van der Waals surface area contributed by atoms with Crippen LogP contribution in [0, 0.1) is 24.1 Å². The highest BCUT2D eigenvalue weighted by atomic mass is 19.1. The van der Waals surface area contributed by atoms with Crippen LogP contribution in [0.3, 0.4) is 0 Å². The van der Waals surface area contributed by atoms with Crippen molar-refractivity contribution in [3.63, 3.8) is 0 Å². The summed E-state index contributed by atoms with van der Waals surface area (Å²) in [6.45, 7) is 7.41. The fraction of sp³-hybridized carbons (Fsp3) is 0.321. The summed E-state index contributed by atoms with van der Waals surface area (Å²) in [6, 6.07) is 13.6. The number of nitriles is 1. The number of nitrogens with zero attached hydrogens (tertiary/aromatic N) is 7. The second-order valence-electron chi connectivity index (χ2n) is 9.67. The molecule has 0 N–H and O–H groups in total. The second-order valence-corrected chi connectivity index (χ2v) is 9.67. The molecule has 1 aliphatic rings. The van der Waals surface area contributed by atoms with Gasteiger partial charge < -0.3 is 9.47 Å². The van der Waals surface area contributed by atoms with E-state index in [1.807, 2.05) is 31.5 Å². The normalized spacial score (nSPS) is 19.1. The van der Waals surface area contributed by atoms with E-state index in [2.05, 4.69) is 44.7 Å². The Hall–Kier alpha value is -4.16. The van der Waals surface area contributed by atoms with Crippen LogP contribution in [0.2, 0.25) is 0 Å². The molecular weight excluding hydrogens is 469 g/mol. The zero-order valence-electron chi connectivity index (χ0n) is 21.3. The molecule has 4 heterocycles. The van der Waals surface area contributed by atoms with Crippen molar-refractivity contribution < 1.29 is 4.39 Å². The molecule has 37 heavy (non-hydrogen) atoms. The molecule has 1 saturated heterocycles. The van der Waals surface area contributed by atoms with Crippen LogP contribution in [0.25, 0.3) is 11.0 Å². The molecule has 0 spiro atoms. The molecule has 0 radical (unpaired) electrons. The first kappa shape index (κ1) is 24.5. The summed E-state index contributed by atoms with van der Waals surface area (Å²) in [5.74, 6) is 0.408. The lowest BCUT2D eigenvalue weighted by Gasteiger charge is -2.48. The molecule has 9 heteroatoms. The number of benzene rings is 1. The van der Waals surface area contributed by atoms with Crippen LogP contribution in [0.1, 0.15) is 42.5 Å². The van der Waals surface area contributed by atoms with Gasteiger partial charge in [-0.2, -0.15) is 5.26 Å². The van der Waals surface area contributed by atoms with Gasteiger partial charge >= 0.3 is 0 Å². The van der Waals surface area contributed by atoms with Gasteiger partial charge in [0.25, 0.3) is 5.56 Å². The molecule has 3 atom stereocenters. The highest BCUT2D eigenvalue weighted by molar-refractivity contribution is 5.89. The van der Waals surface area contributed by atoms with Crippen molar-refractivity contribution in [3.05, 3.63) is 93.7 Å². The van der Waals surface area contributed by atoms with Gasteiger partial charge in [-0.3, -0.25) is 9.69 Å². The van der Waals surface area contributed by atoms with Gasteiger partial charge in [0.05, 0.1) is 17.2 Å². The maximum absolute atomic E-state index is 13.8. The van der Waals surface area contributed by atoms with Gasteiger partial charge in [-0.15, -0.1) is 0 Å². The van der Waals surface area contributed by atoms with Crippen molar-refractivity contribution >= 4 is 16.7 Å². The Morgan fingerprint density at radius 3 is 2.41 bits per heavy atom. The van der Waals surface area contributed by atoms with E-state index in [0.717, 1.165) is 16.8 Å². The number of aromatic nitrogens is 4. The van der Waals surface area contributed by atoms with E-state index in [1.165, 1.54) is 12.1 Å². The number of halogens is 1. The average Bonchev–Trinajstić information content (AvgIpc) is 2.90. The highest BCUT2D eigenvalue weighted by Gasteiger charge is 2.36. The van der Waals surface area contributed by atoms with Crippen LogP contribution in [0.4, 0.5) is 10.1 Å². The molecule has 1 fully saturated rings. The average molecular weight is 498 g/mol. The predicted octanol–water partition coefficient (Wildman–Crippen LogP) is 3.73. The minimum Gasteiger partial charge on any atom is -0.364 e. The highest BCUT2D eigenvalue weighted by Crippen LogP contribution is 2.35. The number of rotatable bonds is 4. The van der Waals surface area contributed by atoms with Crippen molar-refractivity contribution in [1.29, 1.82) is 5.26 Å². The fourth-order valence-corrected chi connectivity index (χ4v) is 5.21. The Balaban J connectivity index is 1.55. The van der Waals surface area contributed by atoms with Crippen molar-refractivity contribution in [2.45, 2.75) is 38.9 Å². The number of hydrogen-bond donors (Lipinski definition) is 0. The van der Waals surface area contributed by atoms with Crippen LogP contribution >= 0.6 is 0 Å². The lowest BCUT2D eigenvalue weighted by Crippen LogP contribution is -2.57. The molecule has 0 bridgehead atoms. The molecule has 5 rings (SSSR count). The quantitative estimate of drug-likeness (QED) is 0.424. The summed E-state index contributed by atoms with van der Waals surface area (Å²) in [7, 11) is 1.71. The Morgan fingerprint density at radius 1 is 1.03 bits per heavy atom. The zero-order chi connectivity index (χ0) is 26.3. The number of pyridine rings is 2. The van der Waals surface area contributed by atoms with Gasteiger partial charge in [0, 0.05) is 56.2 Å². The van der Waals surface area contributed by atoms with Gasteiger partial charge in [0.1, 0.15) is 28.9 Å². The van der Waals surface area contributed by atoms with Crippen molar-refractivity contribution in [2.75, 3.05) is 18.0 Å². The Morgan fingerprint density at radius 2 is 1.73 bits per heavy atom. The summed E-state index contributed by atoms with van der Waals surface area (Å²) in [4.78, 5) is 30.8. The van der Waals surface area contributed by atoms with Gasteiger partial charge in [0.2, 0.25) is 0 Å². The minimum absolute atomic E-state index is 0.0216. The van der Waals surface area contributed by atoms with E-state index in [9.17, 15) is 14.4 Å². The number of anilines is 1. The second kappa shape index (κ2) is 9.71. The van der Waals surface area contributed by atoms with Crippen molar-refractivity contribution in [1.82, 2.24) is 24.4 Å². The third kappa shape index (κ3) is 4.56. The van der Waals surface area contributed by atoms with E-state index < -0.39 is 0 Å². The Kier molecular flexibility index (Phi) is 6.44. The van der Waals surface area contributed by atoms with Crippen molar-refractivity contribution in [3.8, 4) is 6.07 Å². The van der Waals surface area contributed by atoms with Crippen LogP contribution in [0.15, 0.2) is 59.7 Å². The summed E-state index contributed by atoms with van der Waals surface area (Å²) >= 11 is 0. The molecule has 3 aromatic heterocycles. The molecule has 8 nitrogen and oxygen atoms in total. The van der Waals surface area contributed by atoms with Gasteiger partial charge in [0.15, 0.2) is 0 Å². The fourth-order valence-electron chi connectivity index (χ4n) is 5.21. The molecule has 0 saturated carbocycles. The Bertz CT molecular complexity index is 1500. The SMILES string of the molecule is Cc1ncc(C(c2ccc(F)cc2)N2C[C@H](C)N(c3cc(=O)n(C)c4ccc(C#N)nc34)C[C@H]2C)cn1. The van der Waals surface area contributed by atoms with Gasteiger partial charge in [-0.05, 0) is 50.6 Å². The van der Waals surface area contributed by atoms with Gasteiger partial charge in [-0.1, -0.05) is 12.1 Å². The minimum atomic E-state index is -0.282. The molecule has 0 amide bonds. The van der Waals surface area contributed by atoms with E-state index in [4.69, 9.17) is 0 Å². The Labute approximate surface area is 214 Å². The zero-order valence-corrected chi connectivity index (χ0v) is 21.3. The molecule has 4 aromatic rings. The largest absolute Gasteiger partial charge is 0.364 e. The lowest BCUT2D eigenvalue weighted by molar-refractivity contribution is 0.129. The monoisotopic (exact) mass is 497 g/mol. The third-order valence-corrected chi connectivity index (χ3v) is 7.16. The summed E-state index contributed by atoms with van der Waals surface area (Å²) < 4.78 is 15.3. The van der Waals surface area contributed by atoms with E-state index in [1.54, 1.807) is 29.8 Å². The first-order valence-electron chi connectivity index (χ1n) is 12.2. The van der Waals surface area contributed by atoms with Crippen LogP contribution in [-0.2, 0) is 7.05 Å². The van der Waals surface area contributed by atoms with Crippen LogP contribution < -0.4 is 10.5 Å². The molecule has 1 aromatic carbocycles. The summed E-state index contributed by atoms with van der Waals surface area (Å²) in [5.41, 5.74) is 4.12. The van der Waals surface area contributed by atoms with Gasteiger partial charge in [-0.25, -0.2) is 19.3 Å². The number of piperazine rings is 1. The standard InChI is InChI=1S/C28H28FN7O/c1-17-16-36(28(20-5-7-22(29)8-6-20)21-13-31-19(3)32-14-21)18(2)15-35(17)25-11-26(37)34(4)24-10-9-23(12-30)33-27(24)25/h5-11,13-14,17-18,28H,15-16H2,1-4H3/t17-,18+,28?/m0/s1. The third-order valence-electron chi connectivity index (χ3n) is 7.16. The van der Waals surface area contributed by atoms with Crippen LogP contribution in [0.5, 0.6) is 0 Å². The molecule has 188 valence electrons. The maximum Gasteiger partial charge on any atom is 0.252 e. The van der Waals surface area contributed by atoms with E-state index >= 15 is 0 Å². The van der Waals surface area contributed by atoms with E-state index in [0.29, 0.717) is 35.6 Å². The predicted molar refractivity (Wildman–Crippen MR) is 140 cm³/mol. The topological polar surface area (TPSA) is 90.9 Å². The molecule has 1 aliphatic heterocycles. The van der Waals surface area contributed by atoms with E-state index in [-0.39, 0.29) is 29.5 Å². The summed E-state index contributed by atoms with van der Waals surface area (Å²) in [6.07, 6.45) is 3.67. The van der Waals surface area contributed by atoms with Crippen molar-refractivity contribution in [2.24, 2.45) is 7.05 Å². The lowest BCUT2D eigenvalue weighted by atomic mass is 9.95. The number of fused-ring (bicyclic) bond motifs is 1. The summed E-state index contributed by atoms with van der Waals surface area (Å²) in [5, 5.41) is 9.43. The number of hydrogen-bond acceptors (Lipinski definition) is 7. The first-order chi connectivity index (χ1) is 17.8. The molecule has 0 aliphatic carbocycles. The smallest absolute Gasteiger partial charge is 0.252 e. The molecular formula is C28H28FN7O. The number of aryl methyl sites for hydroxylation is 2. The van der Waals surface area contributed by atoms with Crippen LogP contribution in [-0.4, -0.2) is 49.6 Å². The maximum atomic E-state index is 13.8. The first-order valence-corrected chi connectivity index (χ1v) is 12.2.